The molecule has 3 heteroatoms. The first kappa shape index (κ1) is 8.50. The molecule has 0 aromatic carbocycles. The first-order valence-corrected chi connectivity index (χ1v) is 3.79. The lowest BCUT2D eigenvalue weighted by atomic mass is 10.2. The van der Waals surface area contributed by atoms with Crippen molar-refractivity contribution in [1.29, 1.82) is 0 Å². The Balaban J connectivity index is 3.08. The van der Waals surface area contributed by atoms with Gasteiger partial charge < -0.3 is 5.11 Å². The SMILES string of the molecule is Cc1cc(Cl)cc([C@@H](C)O)n1. The molecule has 0 fully saturated rings. The van der Waals surface area contributed by atoms with Crippen LogP contribution in [0.4, 0.5) is 0 Å². The average molecular weight is 172 g/mol. The van der Waals surface area contributed by atoms with Gasteiger partial charge >= 0.3 is 0 Å². The number of nitrogens with zero attached hydrogens (tertiary/aromatic N) is 1. The third kappa shape index (κ3) is 2.17. The lowest BCUT2D eigenvalue weighted by Crippen LogP contribution is -1.96. The molecule has 0 amide bonds. The summed E-state index contributed by atoms with van der Waals surface area (Å²) in [5, 5.41) is 9.77. The molecule has 2 nitrogen and oxygen atoms in total. The first-order chi connectivity index (χ1) is 5.09. The number of aromatic nitrogens is 1. The molecule has 1 heterocycles. The number of aryl methyl sites for hydroxylation is 1. The van der Waals surface area contributed by atoms with Crippen molar-refractivity contribution in [3.63, 3.8) is 0 Å². The molecular weight excluding hydrogens is 162 g/mol. The molecule has 1 atom stereocenters. The molecule has 0 aliphatic heterocycles. The highest BCUT2D eigenvalue weighted by molar-refractivity contribution is 6.30. The van der Waals surface area contributed by atoms with Crippen LogP contribution in [0.1, 0.15) is 24.4 Å². The van der Waals surface area contributed by atoms with Crippen molar-refractivity contribution in [3.05, 3.63) is 28.5 Å². The summed E-state index contributed by atoms with van der Waals surface area (Å²) in [5.74, 6) is 0. The molecule has 60 valence electrons. The minimum Gasteiger partial charge on any atom is -0.387 e. The van der Waals surface area contributed by atoms with Gasteiger partial charge in [0.2, 0.25) is 0 Å². The summed E-state index contributed by atoms with van der Waals surface area (Å²) < 4.78 is 0. The number of aliphatic hydroxyl groups is 1. The second-order valence-electron chi connectivity index (χ2n) is 2.53. The van der Waals surface area contributed by atoms with Crippen LogP contribution in [0.3, 0.4) is 0 Å². The van der Waals surface area contributed by atoms with Gasteiger partial charge in [0.25, 0.3) is 0 Å². The van der Waals surface area contributed by atoms with Crippen molar-refractivity contribution >= 4 is 11.6 Å². The zero-order valence-electron chi connectivity index (χ0n) is 6.50. The van der Waals surface area contributed by atoms with Gasteiger partial charge in [-0.2, -0.15) is 0 Å². The van der Waals surface area contributed by atoms with Crippen LogP contribution < -0.4 is 0 Å². The van der Waals surface area contributed by atoms with Crippen molar-refractivity contribution in [2.45, 2.75) is 20.0 Å². The molecule has 0 unspecified atom stereocenters. The fraction of sp³-hybridized carbons (Fsp3) is 0.375. The predicted octanol–water partition coefficient (Wildman–Crippen LogP) is 2.10. The Morgan fingerprint density at radius 1 is 1.55 bits per heavy atom. The van der Waals surface area contributed by atoms with Crippen molar-refractivity contribution in [2.24, 2.45) is 0 Å². The number of pyridine rings is 1. The second-order valence-corrected chi connectivity index (χ2v) is 2.96. The second kappa shape index (κ2) is 3.20. The van der Waals surface area contributed by atoms with Gasteiger partial charge in [0, 0.05) is 10.7 Å². The Morgan fingerprint density at radius 2 is 2.18 bits per heavy atom. The standard InChI is InChI=1S/C8H10ClNO/c1-5-3-7(9)4-8(10-5)6(2)11/h3-4,6,11H,1-2H3/t6-/m1/s1. The molecule has 0 radical (unpaired) electrons. The molecule has 0 saturated heterocycles. The highest BCUT2D eigenvalue weighted by Crippen LogP contribution is 2.16. The number of aliphatic hydroxyl groups excluding tert-OH is 1. The minimum absolute atomic E-state index is 0.549. The Morgan fingerprint density at radius 3 is 2.64 bits per heavy atom. The van der Waals surface area contributed by atoms with Gasteiger partial charge in [0.15, 0.2) is 0 Å². The maximum atomic E-state index is 9.15. The lowest BCUT2D eigenvalue weighted by Gasteiger charge is -2.04. The van der Waals surface area contributed by atoms with E-state index in [1.165, 1.54) is 0 Å². The molecule has 1 rings (SSSR count). The van der Waals surface area contributed by atoms with E-state index < -0.39 is 6.10 Å². The Hall–Kier alpha value is -0.600. The molecule has 1 aromatic heterocycles. The smallest absolute Gasteiger partial charge is 0.0932 e. The van der Waals surface area contributed by atoms with Gasteiger partial charge in [-0.05, 0) is 26.0 Å². The lowest BCUT2D eigenvalue weighted by molar-refractivity contribution is 0.194. The van der Waals surface area contributed by atoms with Crippen LogP contribution in [-0.4, -0.2) is 10.1 Å². The quantitative estimate of drug-likeness (QED) is 0.702. The van der Waals surface area contributed by atoms with E-state index in [9.17, 15) is 0 Å². The first-order valence-electron chi connectivity index (χ1n) is 3.42. The van der Waals surface area contributed by atoms with Crippen LogP contribution in [0, 0.1) is 6.92 Å². The molecule has 1 N–H and O–H groups in total. The van der Waals surface area contributed by atoms with Crippen LogP contribution >= 0.6 is 11.6 Å². The van der Waals surface area contributed by atoms with E-state index in [-0.39, 0.29) is 0 Å². The Kier molecular flexibility index (Phi) is 2.47. The number of hydrogen-bond acceptors (Lipinski definition) is 2. The van der Waals surface area contributed by atoms with Crippen LogP contribution in [0.15, 0.2) is 12.1 Å². The zero-order chi connectivity index (χ0) is 8.43. The molecule has 11 heavy (non-hydrogen) atoms. The van der Waals surface area contributed by atoms with E-state index in [2.05, 4.69) is 4.98 Å². The fourth-order valence-electron chi connectivity index (χ4n) is 0.865. The normalized spacial score (nSPS) is 13.1. The van der Waals surface area contributed by atoms with Crippen molar-refractivity contribution in [3.8, 4) is 0 Å². The average Bonchev–Trinajstić information content (AvgIpc) is 1.85. The third-order valence-corrected chi connectivity index (χ3v) is 1.58. The van der Waals surface area contributed by atoms with E-state index in [1.54, 1.807) is 19.1 Å². The van der Waals surface area contributed by atoms with Gasteiger partial charge in [-0.1, -0.05) is 11.6 Å². The topological polar surface area (TPSA) is 33.1 Å². The van der Waals surface area contributed by atoms with Gasteiger partial charge in [0.05, 0.1) is 11.8 Å². The fourth-order valence-corrected chi connectivity index (χ4v) is 1.13. The monoisotopic (exact) mass is 171 g/mol. The summed E-state index contributed by atoms with van der Waals surface area (Å²) in [6.45, 7) is 3.51. The number of rotatable bonds is 1. The van der Waals surface area contributed by atoms with Crippen molar-refractivity contribution in [2.75, 3.05) is 0 Å². The van der Waals surface area contributed by atoms with E-state index in [4.69, 9.17) is 16.7 Å². The van der Waals surface area contributed by atoms with E-state index >= 15 is 0 Å². The van der Waals surface area contributed by atoms with Gasteiger partial charge in [-0.25, -0.2) is 0 Å². The van der Waals surface area contributed by atoms with Crippen molar-refractivity contribution in [1.82, 2.24) is 4.98 Å². The molecule has 0 spiro atoms. The maximum Gasteiger partial charge on any atom is 0.0932 e. The molecule has 0 saturated carbocycles. The summed E-state index contributed by atoms with van der Waals surface area (Å²) in [6.07, 6.45) is -0.549. The van der Waals surface area contributed by atoms with E-state index in [0.717, 1.165) is 5.69 Å². The summed E-state index contributed by atoms with van der Waals surface area (Å²) in [7, 11) is 0. The summed E-state index contributed by atoms with van der Waals surface area (Å²) in [5.41, 5.74) is 1.45. The van der Waals surface area contributed by atoms with Crippen LogP contribution in [-0.2, 0) is 0 Å². The number of halogens is 1. The maximum absolute atomic E-state index is 9.15. The minimum atomic E-state index is -0.549. The summed E-state index contributed by atoms with van der Waals surface area (Å²) in [4.78, 5) is 4.10. The van der Waals surface area contributed by atoms with Crippen LogP contribution in [0.5, 0.6) is 0 Å². The van der Waals surface area contributed by atoms with Gasteiger partial charge in [-0.3, -0.25) is 4.98 Å². The van der Waals surface area contributed by atoms with Crippen LogP contribution in [0.2, 0.25) is 5.02 Å². The molecular formula is C8H10ClNO. The Labute approximate surface area is 70.8 Å². The predicted molar refractivity (Wildman–Crippen MR) is 44.6 cm³/mol. The van der Waals surface area contributed by atoms with E-state index in [1.807, 2.05) is 6.92 Å². The number of hydrogen-bond donors (Lipinski definition) is 1. The van der Waals surface area contributed by atoms with Crippen LogP contribution in [0.25, 0.3) is 0 Å². The zero-order valence-corrected chi connectivity index (χ0v) is 7.26. The van der Waals surface area contributed by atoms with Gasteiger partial charge in [0.1, 0.15) is 0 Å². The highest BCUT2D eigenvalue weighted by atomic mass is 35.5. The largest absolute Gasteiger partial charge is 0.387 e. The molecule has 0 bridgehead atoms. The molecule has 1 aromatic rings. The Bertz CT molecular complexity index is 240. The summed E-state index contributed by atoms with van der Waals surface area (Å²) >= 11 is 5.74. The molecule has 0 aliphatic rings. The van der Waals surface area contributed by atoms with E-state index in [0.29, 0.717) is 10.7 Å². The van der Waals surface area contributed by atoms with Gasteiger partial charge in [-0.15, -0.1) is 0 Å². The third-order valence-electron chi connectivity index (χ3n) is 1.37. The summed E-state index contributed by atoms with van der Waals surface area (Å²) in [6, 6.07) is 3.42. The van der Waals surface area contributed by atoms with Crippen molar-refractivity contribution < 1.29 is 5.11 Å². The molecule has 0 aliphatic carbocycles. The highest BCUT2D eigenvalue weighted by Gasteiger charge is 2.03.